The van der Waals surface area contributed by atoms with E-state index in [9.17, 15) is 9.90 Å². The number of ether oxygens (including phenoxy) is 1. The SMILES string of the molecule is N#CCOc1ccc2ccccc2c1C(=O)O. The monoisotopic (exact) mass is 227 g/mol. The van der Waals surface area contributed by atoms with Crippen LogP contribution in [-0.2, 0) is 0 Å². The van der Waals surface area contributed by atoms with Crippen molar-refractivity contribution >= 4 is 16.7 Å². The standard InChI is InChI=1S/C13H9NO3/c14-7-8-17-11-6-5-9-3-1-2-4-10(9)12(11)13(15)16/h1-6H,8H2,(H,15,16). The number of nitriles is 1. The number of nitrogens with zero attached hydrogens (tertiary/aromatic N) is 1. The van der Waals surface area contributed by atoms with Gasteiger partial charge in [0.1, 0.15) is 17.4 Å². The number of benzene rings is 2. The Morgan fingerprint density at radius 1 is 1.29 bits per heavy atom. The first-order chi connectivity index (χ1) is 8.24. The summed E-state index contributed by atoms with van der Waals surface area (Å²) in [5.74, 6) is -0.840. The predicted molar refractivity (Wildman–Crippen MR) is 62.0 cm³/mol. The summed E-state index contributed by atoms with van der Waals surface area (Å²) in [6.07, 6.45) is 0. The van der Waals surface area contributed by atoms with E-state index in [1.165, 1.54) is 0 Å². The van der Waals surface area contributed by atoms with Gasteiger partial charge in [-0.3, -0.25) is 0 Å². The van der Waals surface area contributed by atoms with Gasteiger partial charge in [0.15, 0.2) is 6.61 Å². The molecule has 17 heavy (non-hydrogen) atoms. The molecule has 1 N–H and O–H groups in total. The van der Waals surface area contributed by atoms with Crippen molar-refractivity contribution in [2.24, 2.45) is 0 Å². The molecule has 0 saturated heterocycles. The zero-order valence-corrected chi connectivity index (χ0v) is 8.88. The quantitative estimate of drug-likeness (QED) is 0.874. The third kappa shape index (κ3) is 2.04. The van der Waals surface area contributed by atoms with Gasteiger partial charge in [-0.05, 0) is 16.8 Å². The maximum atomic E-state index is 11.2. The highest BCUT2D eigenvalue weighted by molar-refractivity contribution is 6.06. The molecule has 0 radical (unpaired) electrons. The Balaban J connectivity index is 2.65. The van der Waals surface area contributed by atoms with Crippen molar-refractivity contribution in [3.63, 3.8) is 0 Å². The number of carbonyl (C=O) groups is 1. The van der Waals surface area contributed by atoms with Gasteiger partial charge >= 0.3 is 5.97 Å². The van der Waals surface area contributed by atoms with E-state index < -0.39 is 5.97 Å². The van der Waals surface area contributed by atoms with Crippen LogP contribution >= 0.6 is 0 Å². The Morgan fingerprint density at radius 3 is 2.76 bits per heavy atom. The molecule has 0 aromatic heterocycles. The number of carboxylic acid groups (broad SMARTS) is 1. The zero-order valence-electron chi connectivity index (χ0n) is 8.88. The van der Waals surface area contributed by atoms with Crippen LogP contribution in [0.15, 0.2) is 36.4 Å². The fraction of sp³-hybridized carbons (Fsp3) is 0.0769. The number of aromatic carboxylic acids is 1. The first kappa shape index (κ1) is 11.0. The lowest BCUT2D eigenvalue weighted by Crippen LogP contribution is -2.04. The Bertz CT molecular complexity index is 614. The molecular weight excluding hydrogens is 218 g/mol. The van der Waals surface area contributed by atoms with Crippen molar-refractivity contribution in [2.75, 3.05) is 6.61 Å². The molecule has 2 aromatic rings. The number of hydrogen-bond donors (Lipinski definition) is 1. The Hall–Kier alpha value is -2.54. The van der Waals surface area contributed by atoms with Crippen molar-refractivity contribution in [1.82, 2.24) is 0 Å². The molecule has 0 amide bonds. The van der Waals surface area contributed by atoms with E-state index in [4.69, 9.17) is 10.00 Å². The van der Waals surface area contributed by atoms with Gasteiger partial charge in [0, 0.05) is 0 Å². The number of rotatable bonds is 3. The highest BCUT2D eigenvalue weighted by atomic mass is 16.5. The molecule has 0 unspecified atom stereocenters. The molecule has 0 saturated carbocycles. The smallest absolute Gasteiger partial charge is 0.340 e. The molecule has 84 valence electrons. The van der Waals surface area contributed by atoms with Crippen LogP contribution in [0.5, 0.6) is 5.75 Å². The molecule has 0 aliphatic rings. The first-order valence-corrected chi connectivity index (χ1v) is 4.99. The van der Waals surface area contributed by atoms with E-state index in [2.05, 4.69) is 0 Å². The molecule has 0 aliphatic heterocycles. The van der Waals surface area contributed by atoms with Gasteiger partial charge in [-0.1, -0.05) is 30.3 Å². The van der Waals surface area contributed by atoms with E-state index >= 15 is 0 Å². The lowest BCUT2D eigenvalue weighted by Gasteiger charge is -2.09. The van der Waals surface area contributed by atoms with E-state index in [1.807, 2.05) is 18.2 Å². The van der Waals surface area contributed by atoms with Crippen molar-refractivity contribution in [3.05, 3.63) is 42.0 Å². The second kappa shape index (κ2) is 4.54. The average molecular weight is 227 g/mol. The summed E-state index contributed by atoms with van der Waals surface area (Å²) in [7, 11) is 0. The van der Waals surface area contributed by atoms with Crippen LogP contribution in [0.25, 0.3) is 10.8 Å². The number of hydrogen-bond acceptors (Lipinski definition) is 3. The third-order valence-electron chi connectivity index (χ3n) is 2.40. The van der Waals surface area contributed by atoms with Crippen molar-refractivity contribution in [1.29, 1.82) is 5.26 Å². The summed E-state index contributed by atoms with van der Waals surface area (Å²) >= 11 is 0. The Labute approximate surface area is 97.7 Å². The maximum absolute atomic E-state index is 11.2. The fourth-order valence-electron chi connectivity index (χ4n) is 1.70. The molecule has 4 nitrogen and oxygen atoms in total. The third-order valence-corrected chi connectivity index (χ3v) is 2.40. The minimum Gasteiger partial charge on any atom is -0.478 e. The average Bonchev–Trinajstić information content (AvgIpc) is 2.35. The van der Waals surface area contributed by atoms with Crippen LogP contribution in [0.2, 0.25) is 0 Å². The fourth-order valence-corrected chi connectivity index (χ4v) is 1.70. The largest absolute Gasteiger partial charge is 0.478 e. The van der Waals surface area contributed by atoms with Gasteiger partial charge in [-0.2, -0.15) is 5.26 Å². The highest BCUT2D eigenvalue weighted by Gasteiger charge is 2.15. The van der Waals surface area contributed by atoms with Gasteiger partial charge in [-0.25, -0.2) is 4.79 Å². The zero-order chi connectivity index (χ0) is 12.3. The highest BCUT2D eigenvalue weighted by Crippen LogP contribution is 2.27. The minimum atomic E-state index is -1.06. The second-order valence-corrected chi connectivity index (χ2v) is 3.41. The maximum Gasteiger partial charge on any atom is 0.340 e. The predicted octanol–water partition coefficient (Wildman–Crippen LogP) is 2.44. The topological polar surface area (TPSA) is 70.3 Å². The molecule has 4 heteroatoms. The molecular formula is C13H9NO3. The van der Waals surface area contributed by atoms with Crippen LogP contribution in [-0.4, -0.2) is 17.7 Å². The normalized spacial score (nSPS) is 9.82. The molecule has 0 fully saturated rings. The van der Waals surface area contributed by atoms with Gasteiger partial charge in [0.05, 0.1) is 0 Å². The lowest BCUT2D eigenvalue weighted by atomic mass is 10.0. The molecule has 0 spiro atoms. The van der Waals surface area contributed by atoms with Crippen LogP contribution in [0.1, 0.15) is 10.4 Å². The van der Waals surface area contributed by atoms with Crippen LogP contribution in [0.3, 0.4) is 0 Å². The Morgan fingerprint density at radius 2 is 2.06 bits per heavy atom. The summed E-state index contributed by atoms with van der Waals surface area (Å²) in [4.78, 5) is 11.2. The van der Waals surface area contributed by atoms with Crippen LogP contribution in [0.4, 0.5) is 0 Å². The number of carboxylic acids is 1. The van der Waals surface area contributed by atoms with Crippen molar-refractivity contribution in [2.45, 2.75) is 0 Å². The van der Waals surface area contributed by atoms with Gasteiger partial charge < -0.3 is 9.84 Å². The molecule has 0 bridgehead atoms. The van der Waals surface area contributed by atoms with Gasteiger partial charge in [-0.15, -0.1) is 0 Å². The van der Waals surface area contributed by atoms with Crippen molar-refractivity contribution in [3.8, 4) is 11.8 Å². The molecule has 0 atom stereocenters. The van der Waals surface area contributed by atoms with Gasteiger partial charge in [0.2, 0.25) is 0 Å². The van der Waals surface area contributed by atoms with E-state index in [1.54, 1.807) is 24.3 Å². The van der Waals surface area contributed by atoms with Crippen molar-refractivity contribution < 1.29 is 14.6 Å². The molecule has 0 heterocycles. The van der Waals surface area contributed by atoms with Crippen LogP contribution < -0.4 is 4.74 Å². The second-order valence-electron chi connectivity index (χ2n) is 3.41. The Kier molecular flexibility index (Phi) is 2.93. The van der Waals surface area contributed by atoms with E-state index in [0.717, 1.165) is 5.39 Å². The van der Waals surface area contributed by atoms with Crippen LogP contribution in [0, 0.1) is 11.3 Å². The minimum absolute atomic E-state index is 0.0957. The van der Waals surface area contributed by atoms with E-state index in [-0.39, 0.29) is 17.9 Å². The summed E-state index contributed by atoms with van der Waals surface area (Å²) in [6, 6.07) is 12.3. The van der Waals surface area contributed by atoms with E-state index in [0.29, 0.717) is 5.39 Å². The lowest BCUT2D eigenvalue weighted by molar-refractivity contribution is 0.0695. The molecule has 0 aliphatic carbocycles. The number of fused-ring (bicyclic) bond motifs is 1. The van der Waals surface area contributed by atoms with Gasteiger partial charge in [0.25, 0.3) is 0 Å². The summed E-state index contributed by atoms with van der Waals surface area (Å²) in [5.41, 5.74) is 0.0957. The summed E-state index contributed by atoms with van der Waals surface area (Å²) in [5, 5.41) is 19.1. The summed E-state index contributed by atoms with van der Waals surface area (Å²) in [6.45, 7) is -0.168. The molecule has 2 aromatic carbocycles. The molecule has 2 rings (SSSR count). The summed E-state index contributed by atoms with van der Waals surface area (Å²) < 4.78 is 5.11. The first-order valence-electron chi connectivity index (χ1n) is 4.99.